The molecule has 4 rings (SSSR count). The second-order valence-corrected chi connectivity index (χ2v) is 6.78. The van der Waals surface area contributed by atoms with E-state index in [1.807, 2.05) is 32.0 Å². The van der Waals surface area contributed by atoms with Gasteiger partial charge in [-0.3, -0.25) is 4.79 Å². The number of halogens is 1. The molecule has 0 unspecified atom stereocenters. The quantitative estimate of drug-likeness (QED) is 0.676. The first-order valence-electron chi connectivity index (χ1n) is 8.56. The van der Waals surface area contributed by atoms with Crippen molar-refractivity contribution in [2.24, 2.45) is 0 Å². The van der Waals surface area contributed by atoms with Crippen molar-refractivity contribution in [3.05, 3.63) is 64.6 Å². The van der Waals surface area contributed by atoms with Crippen LogP contribution in [0, 0.1) is 13.8 Å². The summed E-state index contributed by atoms with van der Waals surface area (Å²) in [5, 5.41) is 6.44. The van der Waals surface area contributed by atoms with Crippen LogP contribution < -0.4 is 20.1 Å². The topological polar surface area (TPSA) is 85.4 Å². The fraction of sp³-hybridized carbons (Fsp3) is 0.150. The summed E-state index contributed by atoms with van der Waals surface area (Å²) in [6.07, 6.45) is 1.33. The van der Waals surface area contributed by atoms with Crippen molar-refractivity contribution in [3.8, 4) is 11.5 Å². The molecule has 0 fully saturated rings. The first-order valence-corrected chi connectivity index (χ1v) is 8.94. The normalized spacial score (nSPS) is 12.0. The van der Waals surface area contributed by atoms with Gasteiger partial charge >= 0.3 is 0 Å². The molecular weight excluding hydrogens is 380 g/mol. The number of nitrogens with one attached hydrogen (secondary N) is 2. The molecule has 0 aliphatic carbocycles. The van der Waals surface area contributed by atoms with Gasteiger partial charge in [-0.15, -0.1) is 0 Å². The average Bonchev–Trinajstić information content (AvgIpc) is 3.12. The van der Waals surface area contributed by atoms with Gasteiger partial charge in [-0.2, -0.15) is 0 Å². The van der Waals surface area contributed by atoms with E-state index in [4.69, 9.17) is 21.1 Å². The Balaban J connectivity index is 1.53. The van der Waals surface area contributed by atoms with Crippen LogP contribution in [0.4, 0.5) is 17.2 Å². The first kappa shape index (κ1) is 18.1. The summed E-state index contributed by atoms with van der Waals surface area (Å²) in [6, 6.07) is 10.8. The Morgan fingerprint density at radius 1 is 1.07 bits per heavy atom. The van der Waals surface area contributed by atoms with Gasteiger partial charge in [0, 0.05) is 17.8 Å². The predicted octanol–water partition coefficient (Wildman–Crippen LogP) is 4.47. The Morgan fingerprint density at radius 3 is 2.71 bits per heavy atom. The molecule has 0 radical (unpaired) electrons. The summed E-state index contributed by atoms with van der Waals surface area (Å²) in [5.41, 5.74) is 3.45. The van der Waals surface area contributed by atoms with Crippen molar-refractivity contribution < 1.29 is 14.3 Å². The first-order chi connectivity index (χ1) is 13.5. The molecule has 1 aliphatic rings. The maximum atomic E-state index is 12.6. The molecule has 0 saturated heterocycles. The van der Waals surface area contributed by atoms with Gasteiger partial charge in [0.15, 0.2) is 11.5 Å². The van der Waals surface area contributed by atoms with Crippen molar-refractivity contribution in [3.63, 3.8) is 0 Å². The van der Waals surface area contributed by atoms with E-state index >= 15 is 0 Å². The lowest BCUT2D eigenvalue weighted by Gasteiger charge is -2.12. The summed E-state index contributed by atoms with van der Waals surface area (Å²) in [6.45, 7) is 4.04. The number of anilines is 3. The van der Waals surface area contributed by atoms with Gasteiger partial charge in [0.25, 0.3) is 5.91 Å². The fourth-order valence-corrected chi connectivity index (χ4v) is 3.29. The lowest BCUT2D eigenvalue weighted by molar-refractivity contribution is 0.102. The number of ether oxygens (including phenoxy) is 2. The highest BCUT2D eigenvalue weighted by molar-refractivity contribution is 6.34. The van der Waals surface area contributed by atoms with Crippen molar-refractivity contribution in [2.45, 2.75) is 13.8 Å². The van der Waals surface area contributed by atoms with Crippen LogP contribution >= 0.6 is 11.6 Å². The fourth-order valence-electron chi connectivity index (χ4n) is 2.92. The second kappa shape index (κ2) is 7.36. The zero-order valence-electron chi connectivity index (χ0n) is 15.2. The van der Waals surface area contributed by atoms with Crippen LogP contribution in [0.25, 0.3) is 0 Å². The molecule has 1 amide bonds. The Morgan fingerprint density at radius 2 is 1.89 bits per heavy atom. The number of carbonyl (C=O) groups excluding carboxylic acids is 1. The molecule has 2 N–H and O–H groups in total. The van der Waals surface area contributed by atoms with Crippen molar-refractivity contribution in [1.29, 1.82) is 0 Å². The molecule has 142 valence electrons. The van der Waals surface area contributed by atoms with Crippen LogP contribution in [-0.4, -0.2) is 22.7 Å². The van der Waals surface area contributed by atoms with Crippen molar-refractivity contribution in [1.82, 2.24) is 9.97 Å². The molecule has 0 saturated carbocycles. The third kappa shape index (κ3) is 3.70. The number of carbonyl (C=O) groups is 1. The lowest BCUT2D eigenvalue weighted by Crippen LogP contribution is -2.15. The molecule has 3 aromatic rings. The van der Waals surface area contributed by atoms with E-state index in [1.54, 1.807) is 18.2 Å². The number of benzene rings is 2. The Hall–Kier alpha value is -3.32. The number of hydrogen-bond donors (Lipinski definition) is 2. The van der Waals surface area contributed by atoms with E-state index < -0.39 is 0 Å². The highest BCUT2D eigenvalue weighted by Crippen LogP contribution is 2.35. The minimum absolute atomic E-state index is 0.206. The lowest BCUT2D eigenvalue weighted by atomic mass is 10.1. The summed E-state index contributed by atoms with van der Waals surface area (Å²) >= 11 is 6.27. The molecule has 1 aromatic heterocycles. The Bertz CT molecular complexity index is 1050. The molecule has 0 spiro atoms. The van der Waals surface area contributed by atoms with E-state index in [0.717, 1.165) is 16.8 Å². The Kier molecular flexibility index (Phi) is 4.75. The van der Waals surface area contributed by atoms with Crippen LogP contribution in [0.1, 0.15) is 21.6 Å². The van der Waals surface area contributed by atoms with E-state index in [0.29, 0.717) is 28.0 Å². The van der Waals surface area contributed by atoms with Crippen LogP contribution in [0.5, 0.6) is 11.5 Å². The molecular formula is C20H17ClN4O3. The predicted molar refractivity (Wildman–Crippen MR) is 107 cm³/mol. The van der Waals surface area contributed by atoms with Gasteiger partial charge in [-0.05, 0) is 43.2 Å². The smallest absolute Gasteiger partial charge is 0.274 e. The molecule has 2 heterocycles. The van der Waals surface area contributed by atoms with Gasteiger partial charge in [-0.25, -0.2) is 9.97 Å². The minimum Gasteiger partial charge on any atom is -0.454 e. The molecule has 0 atom stereocenters. The van der Waals surface area contributed by atoms with E-state index in [2.05, 4.69) is 20.6 Å². The highest BCUT2D eigenvalue weighted by atomic mass is 35.5. The number of aryl methyl sites for hydroxylation is 2. The minimum atomic E-state index is -0.370. The number of rotatable bonds is 4. The monoisotopic (exact) mass is 396 g/mol. The van der Waals surface area contributed by atoms with E-state index in [9.17, 15) is 4.79 Å². The number of hydrogen-bond acceptors (Lipinski definition) is 6. The maximum Gasteiger partial charge on any atom is 0.274 e. The van der Waals surface area contributed by atoms with Crippen molar-refractivity contribution >= 4 is 34.7 Å². The van der Waals surface area contributed by atoms with Gasteiger partial charge in [0.2, 0.25) is 6.79 Å². The number of aromatic nitrogens is 2. The molecule has 1 aliphatic heterocycles. The zero-order valence-corrected chi connectivity index (χ0v) is 16.0. The van der Waals surface area contributed by atoms with Crippen LogP contribution in [-0.2, 0) is 0 Å². The Labute approximate surface area is 166 Å². The molecule has 8 heteroatoms. The zero-order chi connectivity index (χ0) is 19.7. The number of fused-ring (bicyclic) bond motifs is 1. The van der Waals surface area contributed by atoms with E-state index in [-0.39, 0.29) is 18.4 Å². The molecule has 0 bridgehead atoms. The standard InChI is InChI=1S/C20H17ClN4O3/c1-11-5-12(2)19(14(21)6-11)25-20(26)15-8-18(23-9-22-15)24-13-3-4-16-17(7-13)28-10-27-16/h3-9H,10H2,1-2H3,(H,25,26)(H,22,23,24). The molecule has 7 nitrogen and oxygen atoms in total. The largest absolute Gasteiger partial charge is 0.454 e. The van der Waals surface area contributed by atoms with Crippen LogP contribution in [0.15, 0.2) is 42.7 Å². The van der Waals surface area contributed by atoms with Gasteiger partial charge in [0.1, 0.15) is 17.8 Å². The van der Waals surface area contributed by atoms with Gasteiger partial charge in [-0.1, -0.05) is 17.7 Å². The molecule has 28 heavy (non-hydrogen) atoms. The third-order valence-corrected chi connectivity index (χ3v) is 4.51. The average molecular weight is 397 g/mol. The van der Waals surface area contributed by atoms with Gasteiger partial charge in [0.05, 0.1) is 10.7 Å². The molecule has 2 aromatic carbocycles. The summed E-state index contributed by atoms with van der Waals surface area (Å²) < 4.78 is 10.7. The van der Waals surface area contributed by atoms with Crippen LogP contribution in [0.2, 0.25) is 5.02 Å². The number of amides is 1. The van der Waals surface area contributed by atoms with E-state index in [1.165, 1.54) is 6.33 Å². The number of nitrogens with zero attached hydrogens (tertiary/aromatic N) is 2. The SMILES string of the molecule is Cc1cc(C)c(NC(=O)c2cc(Nc3ccc4c(c3)OCO4)ncn2)c(Cl)c1. The summed E-state index contributed by atoms with van der Waals surface area (Å²) in [4.78, 5) is 20.9. The van der Waals surface area contributed by atoms with Gasteiger partial charge < -0.3 is 20.1 Å². The second-order valence-electron chi connectivity index (χ2n) is 6.37. The summed E-state index contributed by atoms with van der Waals surface area (Å²) in [7, 11) is 0. The van der Waals surface area contributed by atoms with Crippen LogP contribution in [0.3, 0.4) is 0 Å². The maximum absolute atomic E-state index is 12.6. The summed E-state index contributed by atoms with van der Waals surface area (Å²) in [5.74, 6) is 1.45. The highest BCUT2D eigenvalue weighted by Gasteiger charge is 2.15. The third-order valence-electron chi connectivity index (χ3n) is 4.21. The van der Waals surface area contributed by atoms with Crippen molar-refractivity contribution in [2.75, 3.05) is 17.4 Å².